The molecule has 0 radical (unpaired) electrons. The summed E-state index contributed by atoms with van der Waals surface area (Å²) >= 11 is 0. The van der Waals surface area contributed by atoms with Gasteiger partial charge in [0.15, 0.2) is 0 Å². The number of nitrogens with zero attached hydrogens (tertiary/aromatic N) is 3. The number of amides is 1. The number of aromatic nitrogens is 3. The fourth-order valence-electron chi connectivity index (χ4n) is 2.42. The molecule has 0 bridgehead atoms. The molecule has 1 amide bonds. The van der Waals surface area contributed by atoms with E-state index in [0.29, 0.717) is 12.1 Å². The SMILES string of the molecule is Cn1c(=O)n(C)c2cc(C(=O)NCc3ccccn3)ccc21. The highest BCUT2D eigenvalue weighted by molar-refractivity contribution is 5.97. The predicted molar refractivity (Wildman–Crippen MR) is 83.6 cm³/mol. The molecule has 0 aliphatic carbocycles. The van der Waals surface area contributed by atoms with Gasteiger partial charge in [0.05, 0.1) is 23.3 Å². The molecule has 6 nitrogen and oxygen atoms in total. The number of benzene rings is 1. The highest BCUT2D eigenvalue weighted by atomic mass is 16.2. The van der Waals surface area contributed by atoms with E-state index < -0.39 is 0 Å². The van der Waals surface area contributed by atoms with E-state index in [2.05, 4.69) is 10.3 Å². The van der Waals surface area contributed by atoms with Crippen molar-refractivity contribution in [3.63, 3.8) is 0 Å². The van der Waals surface area contributed by atoms with Crippen LogP contribution < -0.4 is 11.0 Å². The quantitative estimate of drug-likeness (QED) is 0.789. The number of nitrogens with one attached hydrogen (secondary N) is 1. The summed E-state index contributed by atoms with van der Waals surface area (Å²) in [5.41, 5.74) is 2.74. The fraction of sp³-hybridized carbons (Fsp3) is 0.188. The molecule has 2 aromatic heterocycles. The second-order valence-electron chi connectivity index (χ2n) is 5.11. The summed E-state index contributed by atoms with van der Waals surface area (Å²) in [4.78, 5) is 28.3. The summed E-state index contributed by atoms with van der Waals surface area (Å²) in [5.74, 6) is -0.191. The molecular weight excluding hydrogens is 280 g/mol. The summed E-state index contributed by atoms with van der Waals surface area (Å²) in [6.07, 6.45) is 1.69. The Morgan fingerprint density at radius 2 is 1.91 bits per heavy atom. The topological polar surface area (TPSA) is 68.9 Å². The van der Waals surface area contributed by atoms with Crippen molar-refractivity contribution in [3.8, 4) is 0 Å². The first-order valence-corrected chi connectivity index (χ1v) is 6.91. The number of rotatable bonds is 3. The van der Waals surface area contributed by atoms with Gasteiger partial charge in [-0.1, -0.05) is 6.07 Å². The van der Waals surface area contributed by atoms with E-state index in [4.69, 9.17) is 0 Å². The van der Waals surface area contributed by atoms with Gasteiger partial charge in [0.2, 0.25) is 0 Å². The zero-order valence-corrected chi connectivity index (χ0v) is 12.4. The first-order chi connectivity index (χ1) is 10.6. The van der Waals surface area contributed by atoms with Gasteiger partial charge >= 0.3 is 5.69 Å². The minimum Gasteiger partial charge on any atom is -0.346 e. The maximum atomic E-state index is 12.2. The van der Waals surface area contributed by atoms with E-state index in [1.807, 2.05) is 18.2 Å². The lowest BCUT2D eigenvalue weighted by atomic mass is 10.2. The Kier molecular flexibility index (Phi) is 3.50. The molecule has 6 heteroatoms. The number of pyridine rings is 1. The number of aryl methyl sites for hydroxylation is 2. The average Bonchev–Trinajstić information content (AvgIpc) is 2.78. The molecule has 2 heterocycles. The molecule has 1 aromatic carbocycles. The molecular formula is C16H16N4O2. The van der Waals surface area contributed by atoms with E-state index in [9.17, 15) is 9.59 Å². The largest absolute Gasteiger partial charge is 0.346 e. The lowest BCUT2D eigenvalue weighted by Crippen LogP contribution is -2.23. The summed E-state index contributed by atoms with van der Waals surface area (Å²) in [6, 6.07) is 10.8. The van der Waals surface area contributed by atoms with Crippen LogP contribution in [-0.2, 0) is 20.6 Å². The second kappa shape index (κ2) is 5.48. The molecule has 0 saturated carbocycles. The van der Waals surface area contributed by atoms with Gasteiger partial charge in [-0.2, -0.15) is 0 Å². The Balaban J connectivity index is 1.85. The third-order valence-electron chi connectivity index (χ3n) is 3.69. The highest BCUT2D eigenvalue weighted by Crippen LogP contribution is 2.14. The predicted octanol–water partition coefficient (Wildman–Crippen LogP) is 1.20. The Morgan fingerprint density at radius 3 is 2.64 bits per heavy atom. The Hall–Kier alpha value is -2.89. The van der Waals surface area contributed by atoms with Gasteiger partial charge in [-0.15, -0.1) is 0 Å². The minimum atomic E-state index is -0.191. The molecule has 112 valence electrons. The van der Waals surface area contributed by atoms with E-state index in [1.54, 1.807) is 43.1 Å². The molecule has 0 spiro atoms. The van der Waals surface area contributed by atoms with Crippen molar-refractivity contribution in [1.82, 2.24) is 19.4 Å². The van der Waals surface area contributed by atoms with Crippen LogP contribution in [-0.4, -0.2) is 20.0 Å². The van der Waals surface area contributed by atoms with Gasteiger partial charge in [-0.05, 0) is 30.3 Å². The van der Waals surface area contributed by atoms with Crippen molar-refractivity contribution in [2.45, 2.75) is 6.54 Å². The molecule has 0 aliphatic rings. The summed E-state index contributed by atoms with van der Waals surface area (Å²) < 4.78 is 3.09. The number of fused-ring (bicyclic) bond motifs is 1. The van der Waals surface area contributed by atoms with Crippen molar-refractivity contribution in [2.24, 2.45) is 14.1 Å². The third kappa shape index (κ3) is 2.39. The number of hydrogen-bond donors (Lipinski definition) is 1. The van der Waals surface area contributed by atoms with Crippen LogP contribution in [0.1, 0.15) is 16.1 Å². The lowest BCUT2D eigenvalue weighted by Gasteiger charge is -2.05. The van der Waals surface area contributed by atoms with Crippen molar-refractivity contribution in [2.75, 3.05) is 0 Å². The molecule has 0 saturated heterocycles. The molecule has 1 N–H and O–H groups in total. The number of imidazole rings is 1. The summed E-state index contributed by atoms with van der Waals surface area (Å²) in [7, 11) is 3.41. The summed E-state index contributed by atoms with van der Waals surface area (Å²) in [6.45, 7) is 0.366. The molecule has 0 fully saturated rings. The third-order valence-corrected chi connectivity index (χ3v) is 3.69. The highest BCUT2D eigenvalue weighted by Gasteiger charge is 2.11. The minimum absolute atomic E-state index is 0.110. The van der Waals surface area contributed by atoms with Gasteiger partial charge in [0.25, 0.3) is 5.91 Å². The van der Waals surface area contributed by atoms with Gasteiger partial charge in [-0.25, -0.2) is 4.79 Å². The second-order valence-corrected chi connectivity index (χ2v) is 5.11. The normalized spacial score (nSPS) is 10.8. The van der Waals surface area contributed by atoms with Gasteiger partial charge in [-0.3, -0.25) is 18.9 Å². The lowest BCUT2D eigenvalue weighted by molar-refractivity contribution is 0.0950. The van der Waals surface area contributed by atoms with Crippen LogP contribution in [0.15, 0.2) is 47.4 Å². The van der Waals surface area contributed by atoms with Gasteiger partial charge < -0.3 is 5.32 Å². The number of carbonyl (C=O) groups is 1. The van der Waals surface area contributed by atoms with E-state index in [0.717, 1.165) is 16.7 Å². The molecule has 0 aliphatic heterocycles. The van der Waals surface area contributed by atoms with Crippen LogP contribution in [0.3, 0.4) is 0 Å². The van der Waals surface area contributed by atoms with E-state index >= 15 is 0 Å². The standard InChI is InChI=1S/C16H16N4O2/c1-19-13-7-6-11(9-14(13)20(2)16(19)22)15(21)18-10-12-5-3-4-8-17-12/h3-9H,10H2,1-2H3,(H,18,21). The maximum Gasteiger partial charge on any atom is 0.328 e. The average molecular weight is 296 g/mol. The van der Waals surface area contributed by atoms with Crippen LogP contribution in [0, 0.1) is 0 Å². The Morgan fingerprint density at radius 1 is 1.14 bits per heavy atom. The maximum absolute atomic E-state index is 12.2. The number of carbonyl (C=O) groups excluding carboxylic acids is 1. The fourth-order valence-corrected chi connectivity index (χ4v) is 2.42. The summed E-state index contributed by atoms with van der Waals surface area (Å²) in [5, 5.41) is 2.83. The molecule has 3 rings (SSSR count). The van der Waals surface area contributed by atoms with E-state index in [-0.39, 0.29) is 11.6 Å². The Bertz CT molecular complexity index is 894. The molecule has 3 aromatic rings. The Labute approximate surface area is 127 Å². The zero-order chi connectivity index (χ0) is 15.7. The zero-order valence-electron chi connectivity index (χ0n) is 12.4. The first-order valence-electron chi connectivity index (χ1n) is 6.91. The van der Waals surface area contributed by atoms with E-state index in [1.165, 1.54) is 4.57 Å². The van der Waals surface area contributed by atoms with Crippen LogP contribution in [0.4, 0.5) is 0 Å². The van der Waals surface area contributed by atoms with Gasteiger partial charge in [0.1, 0.15) is 0 Å². The van der Waals surface area contributed by atoms with Crippen molar-refractivity contribution < 1.29 is 4.79 Å². The van der Waals surface area contributed by atoms with Crippen LogP contribution in [0.25, 0.3) is 11.0 Å². The molecule has 22 heavy (non-hydrogen) atoms. The van der Waals surface area contributed by atoms with Gasteiger partial charge in [0, 0.05) is 25.9 Å². The van der Waals surface area contributed by atoms with Crippen LogP contribution in [0.2, 0.25) is 0 Å². The van der Waals surface area contributed by atoms with Crippen LogP contribution >= 0.6 is 0 Å². The number of hydrogen-bond acceptors (Lipinski definition) is 3. The first kappa shape index (κ1) is 14.1. The molecule has 0 unspecified atom stereocenters. The van der Waals surface area contributed by atoms with Crippen LogP contribution in [0.5, 0.6) is 0 Å². The monoisotopic (exact) mass is 296 g/mol. The van der Waals surface area contributed by atoms with Crippen molar-refractivity contribution >= 4 is 16.9 Å². The van der Waals surface area contributed by atoms with Crippen molar-refractivity contribution in [1.29, 1.82) is 0 Å². The smallest absolute Gasteiger partial charge is 0.328 e. The molecule has 0 atom stereocenters. The van der Waals surface area contributed by atoms with Crippen molar-refractivity contribution in [3.05, 3.63) is 64.3 Å².